The Kier molecular flexibility index (Phi) is 4.36. The van der Waals surface area contributed by atoms with Crippen LogP contribution in [0.25, 0.3) is 125 Å². The Labute approximate surface area is 354 Å². The molecule has 13 aromatic rings. The Hall–Kier alpha value is -7.54. The van der Waals surface area contributed by atoms with Gasteiger partial charge in [-0.2, -0.15) is 0 Å². The number of benzene rings is 8. The van der Waals surface area contributed by atoms with E-state index in [4.69, 9.17) is 22.5 Å². The van der Waals surface area contributed by atoms with Gasteiger partial charge in [-0.1, -0.05) is 115 Å². The van der Waals surface area contributed by atoms with E-state index in [-0.39, 0.29) is 49.3 Å². The molecule has 0 amide bonds. The van der Waals surface area contributed by atoms with Gasteiger partial charge in [-0.05, 0) is 71.2 Å². The molecule has 0 aliphatic rings. The molecular weight excluding hydrogens is 731 g/mol. The van der Waals surface area contributed by atoms with E-state index in [1.54, 1.807) is 29.5 Å². The molecule has 270 valence electrons. The molecule has 0 saturated carbocycles. The first kappa shape index (κ1) is 21.1. The first-order chi connectivity index (χ1) is 34.6. The third-order valence-corrected chi connectivity index (χ3v) is 12.0. The highest BCUT2D eigenvalue weighted by atomic mass is 32.1. The minimum atomic E-state index is -0.741. The van der Waals surface area contributed by atoms with Crippen molar-refractivity contribution in [2.75, 3.05) is 0 Å². The lowest BCUT2D eigenvalue weighted by atomic mass is 9.99. The number of nitrogens with zero attached hydrogens (tertiary/aromatic N) is 3. The third kappa shape index (κ3) is 4.46. The van der Waals surface area contributed by atoms with Crippen LogP contribution in [-0.2, 0) is 0 Å². The SMILES string of the molecule is [2H]c1c([2H])c([2H])c(-n2c3c([2H])c([2H])c([2H])c([2H])c3c3c4oc5c(-c6ccc7oc8c(-c9cccc(-c%10cccc%11c%10sc%10ccccc%10%11)c9)ncnc8c7c6)c([2H])c([2H])c([2H])c5c4c([2H])c([2H])c32)c([2H])c1[2H]. The molecule has 0 bridgehead atoms. The average molecular weight is 774 g/mol. The molecule has 0 unspecified atom stereocenters. The van der Waals surface area contributed by atoms with Crippen molar-refractivity contribution in [1.82, 2.24) is 14.5 Å². The lowest BCUT2D eigenvalue weighted by molar-refractivity contribution is 0.667. The monoisotopic (exact) mass is 773 g/mol. The minimum absolute atomic E-state index is 0.0335. The number of furan rings is 2. The zero-order valence-corrected chi connectivity index (χ0v) is 30.5. The van der Waals surface area contributed by atoms with E-state index < -0.39 is 90.3 Å². The van der Waals surface area contributed by atoms with Crippen LogP contribution >= 0.6 is 11.3 Å². The van der Waals surface area contributed by atoms with Crippen LogP contribution < -0.4 is 0 Å². The van der Waals surface area contributed by atoms with Crippen LogP contribution in [-0.4, -0.2) is 14.5 Å². The molecule has 0 aliphatic heterocycles. The van der Waals surface area contributed by atoms with E-state index in [2.05, 4.69) is 52.4 Å². The van der Waals surface area contributed by atoms with Crippen molar-refractivity contribution in [1.29, 1.82) is 0 Å². The van der Waals surface area contributed by atoms with Crippen molar-refractivity contribution < 1.29 is 28.0 Å². The molecule has 0 atom stereocenters. The molecule has 0 aliphatic carbocycles. The Bertz CT molecular complexity index is 4620. The summed E-state index contributed by atoms with van der Waals surface area (Å²) in [5.41, 5.74) is 3.48. The number of aromatic nitrogens is 3. The van der Waals surface area contributed by atoms with Gasteiger partial charge in [0.1, 0.15) is 34.3 Å². The Morgan fingerprint density at radius 3 is 2.29 bits per heavy atom. The van der Waals surface area contributed by atoms with Gasteiger partial charge >= 0.3 is 0 Å². The highest BCUT2D eigenvalue weighted by molar-refractivity contribution is 7.26. The Morgan fingerprint density at radius 2 is 1.33 bits per heavy atom. The number of hydrogen-bond acceptors (Lipinski definition) is 5. The van der Waals surface area contributed by atoms with Crippen molar-refractivity contribution >= 4 is 97.3 Å². The van der Waals surface area contributed by atoms with Crippen LogP contribution in [0.5, 0.6) is 0 Å². The summed E-state index contributed by atoms with van der Waals surface area (Å²) in [6, 6.07) is 18.8. The third-order valence-electron chi connectivity index (χ3n) is 10.7. The second-order valence-electron chi connectivity index (χ2n) is 13.8. The molecule has 0 radical (unpaired) electrons. The molecule has 58 heavy (non-hydrogen) atoms. The first-order valence-electron chi connectivity index (χ1n) is 25.2. The predicted molar refractivity (Wildman–Crippen MR) is 240 cm³/mol. The molecule has 0 N–H and O–H groups in total. The molecule has 13 rings (SSSR count). The van der Waals surface area contributed by atoms with Gasteiger partial charge in [-0.15, -0.1) is 11.3 Å². The highest BCUT2D eigenvalue weighted by Gasteiger charge is 2.22. The summed E-state index contributed by atoms with van der Waals surface area (Å²) < 4.78 is 141. The largest absolute Gasteiger partial charge is 0.455 e. The maximum absolute atomic E-state index is 9.48. The molecular formula is C52H29N3O2S. The van der Waals surface area contributed by atoms with Crippen molar-refractivity contribution in [2.24, 2.45) is 0 Å². The summed E-state index contributed by atoms with van der Waals surface area (Å²) in [6.45, 7) is 0. The zero-order chi connectivity index (χ0) is 50.1. The summed E-state index contributed by atoms with van der Waals surface area (Å²) in [7, 11) is 0. The standard InChI is InChI=1S/C52H29N3O2S/c1-2-13-33(14-3-1)55-42-21-6-4-16-40(42)46-43(55)25-24-38-37-19-9-17-34(49(37)57-50(38)46)31-23-26-44-41(28-31)48-51(56-44)47(53-29-54-48)32-12-8-11-30(27-32)35-18-10-20-39-36-15-5-7-22-45(36)58-52(35)39/h1-29H/i1D,2D,3D,4D,6D,9D,13D,14D,16D,17D,19D,21D,24D,25D. The van der Waals surface area contributed by atoms with Crippen molar-refractivity contribution in [2.45, 2.75) is 0 Å². The summed E-state index contributed by atoms with van der Waals surface area (Å²) in [6.07, 6.45) is 1.44. The van der Waals surface area contributed by atoms with Gasteiger partial charge in [-0.25, -0.2) is 9.97 Å². The van der Waals surface area contributed by atoms with E-state index in [9.17, 15) is 5.48 Å². The first-order valence-corrected chi connectivity index (χ1v) is 19.1. The van der Waals surface area contributed by atoms with Gasteiger partial charge in [0.2, 0.25) is 0 Å². The van der Waals surface area contributed by atoms with Gasteiger partial charge < -0.3 is 13.4 Å². The second kappa shape index (κ2) is 12.0. The number of fused-ring (bicyclic) bond motifs is 13. The van der Waals surface area contributed by atoms with Crippen molar-refractivity contribution in [3.05, 3.63) is 176 Å². The summed E-state index contributed by atoms with van der Waals surface area (Å²) in [5, 5.41) is 2.22. The van der Waals surface area contributed by atoms with Gasteiger partial charge in [0.05, 0.1) is 35.6 Å². The van der Waals surface area contributed by atoms with E-state index in [0.29, 0.717) is 33.3 Å². The van der Waals surface area contributed by atoms with Gasteiger partial charge in [0.25, 0.3) is 0 Å². The molecule has 5 aromatic heterocycles. The predicted octanol–water partition coefficient (Wildman–Crippen LogP) is 14.7. The smallest absolute Gasteiger partial charge is 0.180 e. The lowest BCUT2D eigenvalue weighted by Gasteiger charge is -2.07. The van der Waals surface area contributed by atoms with E-state index in [0.717, 1.165) is 26.0 Å². The summed E-state index contributed by atoms with van der Waals surface area (Å²) >= 11 is 1.74. The van der Waals surface area contributed by atoms with Gasteiger partial charge in [0.15, 0.2) is 5.58 Å². The number of para-hydroxylation sites is 3. The summed E-state index contributed by atoms with van der Waals surface area (Å²) in [5.74, 6) is 0. The average Bonchev–Trinajstić information content (AvgIpc) is 4.17. The van der Waals surface area contributed by atoms with Gasteiger partial charge in [-0.3, -0.25) is 0 Å². The fraction of sp³-hybridized carbons (Fsp3) is 0. The maximum Gasteiger partial charge on any atom is 0.180 e. The maximum atomic E-state index is 9.48. The summed E-state index contributed by atoms with van der Waals surface area (Å²) in [4.78, 5) is 9.33. The zero-order valence-electron chi connectivity index (χ0n) is 43.7. The Morgan fingerprint density at radius 1 is 0.517 bits per heavy atom. The molecule has 0 spiro atoms. The number of thiophene rings is 1. The van der Waals surface area contributed by atoms with E-state index >= 15 is 0 Å². The van der Waals surface area contributed by atoms with E-state index in [1.807, 2.05) is 24.3 Å². The molecule has 5 heterocycles. The molecule has 0 fully saturated rings. The Balaban J connectivity index is 1.05. The topological polar surface area (TPSA) is 57.0 Å². The number of rotatable bonds is 4. The highest BCUT2D eigenvalue weighted by Crippen LogP contribution is 2.45. The number of hydrogen-bond donors (Lipinski definition) is 0. The fourth-order valence-corrected chi connectivity index (χ4v) is 9.46. The lowest BCUT2D eigenvalue weighted by Crippen LogP contribution is -1.92. The van der Waals surface area contributed by atoms with Crippen molar-refractivity contribution in [3.8, 4) is 39.2 Å². The minimum Gasteiger partial charge on any atom is -0.455 e. The van der Waals surface area contributed by atoms with Crippen LogP contribution in [0.15, 0.2) is 185 Å². The van der Waals surface area contributed by atoms with Crippen LogP contribution in [0.1, 0.15) is 19.2 Å². The van der Waals surface area contributed by atoms with Crippen LogP contribution in [0, 0.1) is 0 Å². The fourth-order valence-electron chi connectivity index (χ4n) is 8.22. The molecule has 6 heteroatoms. The second-order valence-corrected chi connectivity index (χ2v) is 14.9. The van der Waals surface area contributed by atoms with Gasteiger partial charge in [0, 0.05) is 58.5 Å². The van der Waals surface area contributed by atoms with E-state index in [1.165, 1.54) is 21.8 Å². The quantitative estimate of drug-likeness (QED) is 0.179. The van der Waals surface area contributed by atoms with Crippen LogP contribution in [0.4, 0.5) is 0 Å². The molecule has 5 nitrogen and oxygen atoms in total. The van der Waals surface area contributed by atoms with Crippen LogP contribution in [0.2, 0.25) is 0 Å². The van der Waals surface area contributed by atoms with Crippen LogP contribution in [0.3, 0.4) is 0 Å². The molecule has 0 saturated heterocycles. The molecule has 8 aromatic carbocycles. The van der Waals surface area contributed by atoms with Crippen molar-refractivity contribution in [3.63, 3.8) is 0 Å². The normalized spacial score (nSPS) is 15.5.